The molecule has 0 saturated heterocycles. The summed E-state index contributed by atoms with van der Waals surface area (Å²) < 4.78 is 2.19. The molecule has 0 aliphatic heterocycles. The van der Waals surface area contributed by atoms with Crippen molar-refractivity contribution in [3.63, 3.8) is 0 Å². The Hall–Kier alpha value is -1.09. The fourth-order valence-corrected chi connectivity index (χ4v) is 2.01. The molecule has 0 radical (unpaired) electrons. The van der Waals surface area contributed by atoms with Crippen molar-refractivity contribution in [2.45, 2.75) is 38.8 Å². The number of nitrogens with zero attached hydrogens (tertiary/aromatic N) is 2. The van der Waals surface area contributed by atoms with Crippen LogP contribution in [-0.4, -0.2) is 22.1 Å². The Morgan fingerprint density at radius 3 is 3.13 bits per heavy atom. The minimum absolute atomic E-state index is 0.679. The molecule has 0 amide bonds. The summed E-state index contributed by atoms with van der Waals surface area (Å²) in [6, 6.07) is 0.679. The fourth-order valence-electron chi connectivity index (χ4n) is 2.01. The zero-order chi connectivity index (χ0) is 10.5. The highest BCUT2D eigenvalue weighted by Gasteiger charge is 2.08. The molecule has 0 saturated carbocycles. The number of rotatable bonds is 4. The van der Waals surface area contributed by atoms with Crippen molar-refractivity contribution < 1.29 is 0 Å². The van der Waals surface area contributed by atoms with E-state index < -0.39 is 0 Å². The fraction of sp³-hybridized carbons (Fsp3) is 0.583. The van der Waals surface area contributed by atoms with Crippen LogP contribution in [0.15, 0.2) is 24.5 Å². The molecule has 1 atom stereocenters. The smallest absolute Gasteiger partial charge is 0.105 e. The molecule has 0 spiro atoms. The zero-order valence-electron chi connectivity index (χ0n) is 9.32. The first-order chi connectivity index (χ1) is 7.36. The molecule has 1 unspecified atom stereocenters. The lowest BCUT2D eigenvalue weighted by molar-refractivity contribution is 0.456. The lowest BCUT2D eigenvalue weighted by Gasteiger charge is -2.19. The van der Waals surface area contributed by atoms with Crippen LogP contribution in [0.5, 0.6) is 0 Å². The van der Waals surface area contributed by atoms with E-state index in [9.17, 15) is 0 Å². The van der Waals surface area contributed by atoms with E-state index in [1.54, 1.807) is 0 Å². The lowest BCUT2D eigenvalue weighted by Crippen LogP contribution is -2.32. The number of nitrogens with one attached hydrogen (secondary N) is 1. The SMILES string of the molecule is Cc1nccn1CCNC1CC=CCC1. The molecule has 3 nitrogen and oxygen atoms in total. The molecule has 0 aromatic carbocycles. The zero-order valence-corrected chi connectivity index (χ0v) is 9.32. The number of aromatic nitrogens is 2. The topological polar surface area (TPSA) is 29.9 Å². The average molecular weight is 205 g/mol. The van der Waals surface area contributed by atoms with Crippen LogP contribution in [0.4, 0.5) is 0 Å². The summed E-state index contributed by atoms with van der Waals surface area (Å²) in [7, 11) is 0. The predicted molar refractivity (Wildman–Crippen MR) is 61.7 cm³/mol. The third kappa shape index (κ3) is 2.93. The van der Waals surface area contributed by atoms with Crippen LogP contribution in [0, 0.1) is 6.92 Å². The van der Waals surface area contributed by atoms with Crippen molar-refractivity contribution in [3.05, 3.63) is 30.4 Å². The summed E-state index contributed by atoms with van der Waals surface area (Å²) in [6.45, 7) is 4.10. The van der Waals surface area contributed by atoms with E-state index in [-0.39, 0.29) is 0 Å². The van der Waals surface area contributed by atoms with E-state index >= 15 is 0 Å². The first-order valence-corrected chi connectivity index (χ1v) is 5.72. The van der Waals surface area contributed by atoms with Gasteiger partial charge in [-0.1, -0.05) is 12.2 Å². The highest BCUT2D eigenvalue weighted by molar-refractivity contribution is 4.93. The van der Waals surface area contributed by atoms with Crippen LogP contribution in [0.1, 0.15) is 25.1 Å². The maximum absolute atomic E-state index is 4.21. The van der Waals surface area contributed by atoms with Crippen molar-refractivity contribution in [2.75, 3.05) is 6.54 Å². The Morgan fingerprint density at radius 2 is 2.47 bits per heavy atom. The molecule has 2 rings (SSSR count). The van der Waals surface area contributed by atoms with Gasteiger partial charge in [0, 0.05) is 31.5 Å². The average Bonchev–Trinajstić information content (AvgIpc) is 2.66. The highest BCUT2D eigenvalue weighted by Crippen LogP contribution is 2.10. The number of hydrogen-bond acceptors (Lipinski definition) is 2. The van der Waals surface area contributed by atoms with Gasteiger partial charge in [0.2, 0.25) is 0 Å². The largest absolute Gasteiger partial charge is 0.334 e. The molecule has 0 fully saturated rings. The molecule has 15 heavy (non-hydrogen) atoms. The monoisotopic (exact) mass is 205 g/mol. The van der Waals surface area contributed by atoms with Crippen LogP contribution in [0.2, 0.25) is 0 Å². The van der Waals surface area contributed by atoms with Gasteiger partial charge < -0.3 is 9.88 Å². The highest BCUT2D eigenvalue weighted by atomic mass is 15.1. The van der Waals surface area contributed by atoms with Gasteiger partial charge in [-0.15, -0.1) is 0 Å². The second kappa shape index (κ2) is 5.12. The minimum Gasteiger partial charge on any atom is -0.334 e. The third-order valence-electron chi connectivity index (χ3n) is 2.98. The molecule has 1 aromatic heterocycles. The van der Waals surface area contributed by atoms with Gasteiger partial charge in [-0.25, -0.2) is 4.98 Å². The maximum Gasteiger partial charge on any atom is 0.105 e. The van der Waals surface area contributed by atoms with E-state index in [1.165, 1.54) is 19.3 Å². The van der Waals surface area contributed by atoms with Gasteiger partial charge in [0.25, 0.3) is 0 Å². The Bertz CT molecular complexity index is 327. The standard InChI is InChI=1S/C12H19N3/c1-11-13-7-9-15(11)10-8-14-12-5-3-2-4-6-12/h2-3,7,9,12,14H,4-6,8,10H2,1H3. The molecule has 0 bridgehead atoms. The lowest BCUT2D eigenvalue weighted by atomic mass is 10.0. The maximum atomic E-state index is 4.21. The third-order valence-corrected chi connectivity index (χ3v) is 2.98. The summed E-state index contributed by atoms with van der Waals surface area (Å²) >= 11 is 0. The Labute approximate surface area is 91.2 Å². The van der Waals surface area contributed by atoms with E-state index in [0.29, 0.717) is 6.04 Å². The van der Waals surface area contributed by atoms with Gasteiger partial charge in [-0.2, -0.15) is 0 Å². The number of aryl methyl sites for hydroxylation is 1. The molecule has 1 aliphatic carbocycles. The second-order valence-electron chi connectivity index (χ2n) is 4.10. The first-order valence-electron chi connectivity index (χ1n) is 5.72. The Balaban J connectivity index is 1.71. The molecule has 1 aliphatic rings. The minimum atomic E-state index is 0.679. The summed E-state index contributed by atoms with van der Waals surface area (Å²) in [5.41, 5.74) is 0. The van der Waals surface area contributed by atoms with E-state index in [0.717, 1.165) is 18.9 Å². The van der Waals surface area contributed by atoms with Crippen LogP contribution in [-0.2, 0) is 6.54 Å². The van der Waals surface area contributed by atoms with Crippen LogP contribution in [0.25, 0.3) is 0 Å². The molecule has 1 aromatic rings. The van der Waals surface area contributed by atoms with Gasteiger partial charge in [0.05, 0.1) is 0 Å². The quantitative estimate of drug-likeness (QED) is 0.761. The molecule has 1 heterocycles. The summed E-state index contributed by atoms with van der Waals surface area (Å²) in [5.74, 6) is 1.10. The van der Waals surface area contributed by atoms with Crippen LogP contribution in [0.3, 0.4) is 0 Å². The molecule has 82 valence electrons. The summed E-state index contributed by atoms with van der Waals surface area (Å²) in [5, 5.41) is 3.59. The van der Waals surface area contributed by atoms with E-state index in [4.69, 9.17) is 0 Å². The van der Waals surface area contributed by atoms with Gasteiger partial charge >= 0.3 is 0 Å². The van der Waals surface area contributed by atoms with Gasteiger partial charge in [0.15, 0.2) is 0 Å². The molecule has 3 heteroatoms. The molecular formula is C12H19N3. The van der Waals surface area contributed by atoms with Crippen molar-refractivity contribution in [1.82, 2.24) is 14.9 Å². The number of hydrogen-bond donors (Lipinski definition) is 1. The van der Waals surface area contributed by atoms with Crippen LogP contribution < -0.4 is 5.32 Å². The van der Waals surface area contributed by atoms with Gasteiger partial charge in [0.1, 0.15) is 5.82 Å². The second-order valence-corrected chi connectivity index (χ2v) is 4.10. The van der Waals surface area contributed by atoms with E-state index in [2.05, 4.69) is 27.0 Å². The van der Waals surface area contributed by atoms with Crippen molar-refractivity contribution >= 4 is 0 Å². The Morgan fingerprint density at radius 1 is 1.53 bits per heavy atom. The first kappa shape index (κ1) is 10.4. The molecular weight excluding hydrogens is 186 g/mol. The van der Waals surface area contributed by atoms with Gasteiger partial charge in [-0.05, 0) is 26.2 Å². The van der Waals surface area contributed by atoms with E-state index in [1.807, 2.05) is 19.3 Å². The van der Waals surface area contributed by atoms with Crippen molar-refractivity contribution in [3.8, 4) is 0 Å². The van der Waals surface area contributed by atoms with Crippen LogP contribution >= 0.6 is 0 Å². The van der Waals surface area contributed by atoms with Crippen molar-refractivity contribution in [2.24, 2.45) is 0 Å². The van der Waals surface area contributed by atoms with Gasteiger partial charge in [-0.3, -0.25) is 0 Å². The number of imidazole rings is 1. The summed E-state index contributed by atoms with van der Waals surface area (Å²) in [4.78, 5) is 4.21. The normalized spacial score (nSPS) is 20.7. The number of allylic oxidation sites excluding steroid dienone is 1. The Kier molecular flexibility index (Phi) is 3.56. The summed E-state index contributed by atoms with van der Waals surface area (Å²) in [6.07, 6.45) is 12.1. The van der Waals surface area contributed by atoms with Crippen molar-refractivity contribution in [1.29, 1.82) is 0 Å². The molecule has 1 N–H and O–H groups in total. The predicted octanol–water partition coefficient (Wildman–Crippen LogP) is 1.89.